The van der Waals surface area contributed by atoms with E-state index in [-0.39, 0.29) is 18.8 Å². The Morgan fingerprint density at radius 2 is 1.84 bits per heavy atom. The van der Waals surface area contributed by atoms with Crippen LogP contribution in [0, 0.1) is 0 Å². The highest BCUT2D eigenvalue weighted by atomic mass is 32.2. The van der Waals surface area contributed by atoms with Crippen molar-refractivity contribution in [1.82, 2.24) is 15.0 Å². The van der Waals surface area contributed by atoms with Gasteiger partial charge >= 0.3 is 0 Å². The number of hydrogen-bond acceptors (Lipinski definition) is 8. The number of hydrogen-bond donors (Lipinski definition) is 2. The van der Waals surface area contributed by atoms with Crippen molar-refractivity contribution in [1.29, 1.82) is 0 Å². The maximum absolute atomic E-state index is 14.0. The van der Waals surface area contributed by atoms with Crippen molar-refractivity contribution < 1.29 is 27.1 Å². The Morgan fingerprint density at radius 1 is 1.16 bits per heavy atom. The van der Waals surface area contributed by atoms with Crippen molar-refractivity contribution in [3.63, 3.8) is 0 Å². The van der Waals surface area contributed by atoms with E-state index in [9.17, 15) is 22.0 Å². The molecule has 0 spiro atoms. The van der Waals surface area contributed by atoms with Gasteiger partial charge in [-0.05, 0) is 36.4 Å². The van der Waals surface area contributed by atoms with Gasteiger partial charge in [0.2, 0.25) is 10.0 Å². The summed E-state index contributed by atoms with van der Waals surface area (Å²) in [7, 11) is -5.15. The molecule has 2 aromatic rings. The number of sulfonamides is 1. The first-order chi connectivity index (χ1) is 17.9. The molecular formula is C24H34F2N6O4SSi. The summed E-state index contributed by atoms with van der Waals surface area (Å²) in [6.07, 6.45) is 1.92. The topological polar surface area (TPSA) is 119 Å². The maximum Gasteiger partial charge on any atom is 0.291 e. The predicted molar refractivity (Wildman–Crippen MR) is 145 cm³/mol. The van der Waals surface area contributed by atoms with E-state index in [2.05, 4.69) is 32.7 Å². The SMILES string of the molecule is C[Si]1(C)CCN(c2cc(NS(=O)(=O)CCO)ccc2N(C(=O)c2ccncn2)N2CCC(F)(F)CC2)CC1. The van der Waals surface area contributed by atoms with E-state index in [1.165, 1.54) is 29.7 Å². The van der Waals surface area contributed by atoms with Gasteiger partial charge < -0.3 is 10.0 Å². The summed E-state index contributed by atoms with van der Waals surface area (Å²) in [6.45, 7) is 5.52. The lowest BCUT2D eigenvalue weighted by molar-refractivity contribution is -0.0561. The number of piperidine rings is 1. The first-order valence-electron chi connectivity index (χ1n) is 12.6. The van der Waals surface area contributed by atoms with E-state index < -0.39 is 55.1 Å². The standard InChI is InChI=1S/C24H34F2N6O4SSi/c1-38(2)15-11-30(12-16-38)22-17-19(29-37(35,36)14-13-33)3-4-21(22)32(23(34)20-5-8-27-18-28-20)31-9-6-24(25,26)7-10-31/h3-5,8,17-18,29,33H,6-7,9-16H2,1-2H3. The zero-order chi connectivity index (χ0) is 27.6. The van der Waals surface area contributed by atoms with Crippen molar-refractivity contribution in [2.45, 2.75) is 43.9 Å². The summed E-state index contributed by atoms with van der Waals surface area (Å²) < 4.78 is 55.3. The van der Waals surface area contributed by atoms with Crippen molar-refractivity contribution in [2.24, 2.45) is 0 Å². The highest BCUT2D eigenvalue weighted by Crippen LogP contribution is 2.39. The Balaban J connectivity index is 1.78. The van der Waals surface area contributed by atoms with Gasteiger partial charge in [0.1, 0.15) is 12.0 Å². The summed E-state index contributed by atoms with van der Waals surface area (Å²) in [5, 5.41) is 12.1. The molecule has 0 atom stereocenters. The van der Waals surface area contributed by atoms with Crippen LogP contribution in [0.4, 0.5) is 25.8 Å². The maximum atomic E-state index is 14.0. The number of nitrogens with one attached hydrogen (secondary N) is 1. The van der Waals surface area contributed by atoms with E-state index in [0.717, 1.165) is 25.2 Å². The molecule has 0 bridgehead atoms. The van der Waals surface area contributed by atoms with Gasteiger partial charge in [0.15, 0.2) is 0 Å². The van der Waals surface area contributed by atoms with Crippen molar-refractivity contribution in [2.75, 3.05) is 53.2 Å². The largest absolute Gasteiger partial charge is 0.395 e. The quantitative estimate of drug-likeness (QED) is 0.467. The molecule has 0 unspecified atom stereocenters. The van der Waals surface area contributed by atoms with Crippen LogP contribution in [0.25, 0.3) is 0 Å². The second-order valence-electron chi connectivity index (χ2n) is 10.5. The molecule has 4 rings (SSSR count). The van der Waals surface area contributed by atoms with Crippen LogP contribution < -0.4 is 14.6 Å². The summed E-state index contributed by atoms with van der Waals surface area (Å²) in [6, 6.07) is 8.35. The molecule has 1 aromatic carbocycles. The number of halogens is 2. The molecule has 2 N–H and O–H groups in total. The molecule has 3 heterocycles. The first kappa shape index (κ1) is 28.3. The average molecular weight is 569 g/mol. The lowest BCUT2D eigenvalue weighted by Gasteiger charge is -2.43. The molecule has 0 saturated carbocycles. The summed E-state index contributed by atoms with van der Waals surface area (Å²) in [5.41, 5.74) is 1.49. The minimum atomic E-state index is -3.78. The van der Waals surface area contributed by atoms with Crippen LogP contribution in [0.5, 0.6) is 0 Å². The van der Waals surface area contributed by atoms with E-state index in [1.807, 2.05) is 0 Å². The highest BCUT2D eigenvalue weighted by Gasteiger charge is 2.39. The number of rotatable bonds is 8. The Hall–Kier alpha value is -2.68. The predicted octanol–water partition coefficient (Wildman–Crippen LogP) is 3.03. The van der Waals surface area contributed by atoms with Gasteiger partial charge in [-0.15, -0.1) is 0 Å². The number of benzene rings is 1. The molecular weight excluding hydrogens is 534 g/mol. The van der Waals surface area contributed by atoms with Crippen LogP contribution in [-0.4, -0.2) is 86.9 Å². The average Bonchev–Trinajstić information content (AvgIpc) is 2.86. The van der Waals surface area contributed by atoms with Gasteiger partial charge in [0.25, 0.3) is 11.8 Å². The molecule has 0 radical (unpaired) electrons. The van der Waals surface area contributed by atoms with E-state index in [1.54, 1.807) is 17.1 Å². The van der Waals surface area contributed by atoms with Crippen LogP contribution in [0.1, 0.15) is 23.3 Å². The zero-order valence-corrected chi connectivity index (χ0v) is 23.4. The number of aromatic nitrogens is 2. The fourth-order valence-corrected chi connectivity index (χ4v) is 7.49. The van der Waals surface area contributed by atoms with Gasteiger partial charge in [-0.2, -0.15) is 0 Å². The van der Waals surface area contributed by atoms with Gasteiger partial charge in [-0.1, -0.05) is 13.1 Å². The number of carbonyl (C=O) groups is 1. The monoisotopic (exact) mass is 568 g/mol. The number of hydrazine groups is 1. The van der Waals surface area contributed by atoms with E-state index >= 15 is 0 Å². The van der Waals surface area contributed by atoms with Crippen LogP contribution >= 0.6 is 0 Å². The summed E-state index contributed by atoms with van der Waals surface area (Å²) in [4.78, 5) is 23.9. The van der Waals surface area contributed by atoms with Gasteiger partial charge in [-0.3, -0.25) is 9.52 Å². The summed E-state index contributed by atoms with van der Waals surface area (Å²) in [5.74, 6) is -3.74. The van der Waals surface area contributed by atoms with E-state index in [4.69, 9.17) is 5.11 Å². The molecule has 1 aromatic heterocycles. The number of amides is 1. The second-order valence-corrected chi connectivity index (χ2v) is 17.7. The fraction of sp³-hybridized carbons (Fsp3) is 0.542. The fourth-order valence-electron chi connectivity index (χ4n) is 4.66. The van der Waals surface area contributed by atoms with Gasteiger partial charge in [-0.25, -0.2) is 37.2 Å². The minimum absolute atomic E-state index is 0.0336. The molecule has 0 aliphatic carbocycles. The molecule has 38 heavy (non-hydrogen) atoms. The molecule has 208 valence electrons. The molecule has 14 heteroatoms. The number of nitrogens with zero attached hydrogens (tertiary/aromatic N) is 5. The molecule has 2 aliphatic heterocycles. The Kier molecular flexibility index (Phi) is 8.35. The van der Waals surface area contributed by atoms with Crippen molar-refractivity contribution >= 4 is 41.1 Å². The third-order valence-corrected chi connectivity index (χ3v) is 11.5. The number of aliphatic hydroxyl groups is 1. The number of alkyl halides is 2. The molecule has 2 saturated heterocycles. The summed E-state index contributed by atoms with van der Waals surface area (Å²) >= 11 is 0. The van der Waals surface area contributed by atoms with Crippen LogP contribution in [-0.2, 0) is 10.0 Å². The normalized spacial score (nSPS) is 19.7. The number of carbonyl (C=O) groups excluding carboxylic acids is 1. The molecule has 2 aliphatic rings. The van der Waals surface area contributed by atoms with Gasteiger partial charge in [0.05, 0.1) is 37.5 Å². The van der Waals surface area contributed by atoms with Gasteiger partial charge in [0, 0.05) is 45.2 Å². The first-order valence-corrected chi connectivity index (χ1v) is 17.7. The molecule has 1 amide bonds. The Morgan fingerprint density at radius 3 is 2.45 bits per heavy atom. The Bertz CT molecular complexity index is 1230. The highest BCUT2D eigenvalue weighted by molar-refractivity contribution is 7.92. The Labute approximate surface area is 222 Å². The van der Waals surface area contributed by atoms with Crippen LogP contribution in [0.2, 0.25) is 25.2 Å². The number of aliphatic hydroxyl groups excluding tert-OH is 1. The minimum Gasteiger partial charge on any atom is -0.395 e. The smallest absolute Gasteiger partial charge is 0.291 e. The number of anilines is 3. The van der Waals surface area contributed by atoms with Crippen molar-refractivity contribution in [3.05, 3.63) is 42.5 Å². The third-order valence-electron chi connectivity index (χ3n) is 7.04. The lowest BCUT2D eigenvalue weighted by atomic mass is 10.1. The zero-order valence-electron chi connectivity index (χ0n) is 21.6. The second kappa shape index (κ2) is 11.2. The molecule has 10 nitrogen and oxygen atoms in total. The lowest BCUT2D eigenvalue weighted by Crippen LogP contribution is -2.53. The third kappa shape index (κ3) is 6.84. The van der Waals surface area contributed by atoms with Crippen molar-refractivity contribution in [3.8, 4) is 0 Å². The molecule has 2 fully saturated rings. The van der Waals surface area contributed by atoms with Crippen LogP contribution in [0.3, 0.4) is 0 Å². The van der Waals surface area contributed by atoms with Crippen LogP contribution in [0.15, 0.2) is 36.8 Å². The van der Waals surface area contributed by atoms with E-state index in [0.29, 0.717) is 17.1 Å².